The average molecular weight is 342 g/mol. The summed E-state index contributed by atoms with van der Waals surface area (Å²) in [6, 6.07) is 7.06. The summed E-state index contributed by atoms with van der Waals surface area (Å²) in [4.78, 5) is 24.2. The predicted octanol–water partition coefficient (Wildman–Crippen LogP) is 3.64. The third-order valence-corrected chi connectivity index (χ3v) is 3.95. The number of hydrogen-bond donors (Lipinski definition) is 3. The SMILES string of the molecule is Cc1noc(C(C)C)c1C(=O)Nc1ccc(NC(=O)NC2CC2)cc1. The van der Waals surface area contributed by atoms with E-state index >= 15 is 0 Å². The number of rotatable bonds is 5. The van der Waals surface area contributed by atoms with E-state index in [9.17, 15) is 9.59 Å². The molecule has 1 aliphatic carbocycles. The molecule has 7 nitrogen and oxygen atoms in total. The van der Waals surface area contributed by atoms with Crippen molar-refractivity contribution in [2.24, 2.45) is 0 Å². The Morgan fingerprint density at radius 1 is 1.12 bits per heavy atom. The van der Waals surface area contributed by atoms with Gasteiger partial charge in [0.15, 0.2) is 5.76 Å². The van der Waals surface area contributed by atoms with Crippen LogP contribution in [0, 0.1) is 6.92 Å². The van der Waals surface area contributed by atoms with Gasteiger partial charge in [0.2, 0.25) is 0 Å². The second-order valence-corrected chi connectivity index (χ2v) is 6.57. The molecule has 1 aromatic carbocycles. The van der Waals surface area contributed by atoms with Crippen molar-refractivity contribution in [2.75, 3.05) is 10.6 Å². The fourth-order valence-electron chi connectivity index (χ4n) is 2.47. The van der Waals surface area contributed by atoms with Crippen LogP contribution in [0.2, 0.25) is 0 Å². The van der Waals surface area contributed by atoms with Gasteiger partial charge >= 0.3 is 6.03 Å². The molecule has 1 heterocycles. The maximum Gasteiger partial charge on any atom is 0.319 e. The maximum atomic E-state index is 12.5. The van der Waals surface area contributed by atoms with Gasteiger partial charge in [-0.3, -0.25) is 4.79 Å². The van der Waals surface area contributed by atoms with Gasteiger partial charge in [-0.25, -0.2) is 4.79 Å². The Kier molecular flexibility index (Phi) is 4.74. The lowest BCUT2D eigenvalue weighted by molar-refractivity contribution is 0.102. The number of amides is 3. The van der Waals surface area contributed by atoms with Crippen molar-refractivity contribution < 1.29 is 14.1 Å². The van der Waals surface area contributed by atoms with Crippen LogP contribution in [0.1, 0.15) is 54.4 Å². The smallest absolute Gasteiger partial charge is 0.319 e. The molecular formula is C18H22N4O3. The average Bonchev–Trinajstić information content (AvgIpc) is 3.27. The fraction of sp³-hybridized carbons (Fsp3) is 0.389. The van der Waals surface area contributed by atoms with Crippen LogP contribution in [0.25, 0.3) is 0 Å². The van der Waals surface area contributed by atoms with Gasteiger partial charge in [-0.15, -0.1) is 0 Å². The lowest BCUT2D eigenvalue weighted by Gasteiger charge is -2.09. The van der Waals surface area contributed by atoms with Crippen LogP contribution in [-0.2, 0) is 0 Å². The van der Waals surface area contributed by atoms with E-state index in [0.29, 0.717) is 34.4 Å². The topological polar surface area (TPSA) is 96.3 Å². The van der Waals surface area contributed by atoms with Gasteiger partial charge in [0.25, 0.3) is 5.91 Å². The van der Waals surface area contributed by atoms with Crippen LogP contribution in [-0.4, -0.2) is 23.1 Å². The Labute approximate surface area is 146 Å². The first-order valence-corrected chi connectivity index (χ1v) is 8.39. The summed E-state index contributed by atoms with van der Waals surface area (Å²) in [6.07, 6.45) is 2.08. The molecule has 0 unspecified atom stereocenters. The fourth-order valence-corrected chi connectivity index (χ4v) is 2.47. The van der Waals surface area contributed by atoms with Gasteiger partial charge in [0.05, 0.1) is 5.69 Å². The standard InChI is InChI=1S/C18H22N4O3/c1-10(2)16-15(11(3)22-25-16)17(23)19-12-4-6-13(7-5-12)20-18(24)21-14-8-9-14/h4-7,10,14H,8-9H2,1-3H3,(H,19,23)(H2,20,21,24). The Bertz CT molecular complexity index is 776. The maximum absolute atomic E-state index is 12.5. The number of nitrogens with zero attached hydrogens (tertiary/aromatic N) is 1. The van der Waals surface area contributed by atoms with Crippen molar-refractivity contribution in [3.63, 3.8) is 0 Å². The Hall–Kier alpha value is -2.83. The number of nitrogens with one attached hydrogen (secondary N) is 3. The molecule has 3 rings (SSSR count). The molecule has 0 bridgehead atoms. The van der Waals surface area contributed by atoms with Gasteiger partial charge in [-0.05, 0) is 44.0 Å². The predicted molar refractivity (Wildman–Crippen MR) is 94.9 cm³/mol. The highest BCUT2D eigenvalue weighted by atomic mass is 16.5. The molecule has 1 aromatic heterocycles. The minimum absolute atomic E-state index is 0.0681. The number of aromatic nitrogens is 1. The van der Waals surface area contributed by atoms with Crippen molar-refractivity contribution >= 4 is 23.3 Å². The third kappa shape index (κ3) is 4.17. The lowest BCUT2D eigenvalue weighted by atomic mass is 10.0. The molecule has 1 fully saturated rings. The van der Waals surface area contributed by atoms with Crippen molar-refractivity contribution in [3.8, 4) is 0 Å². The van der Waals surface area contributed by atoms with Crippen molar-refractivity contribution in [3.05, 3.63) is 41.3 Å². The molecular weight excluding hydrogens is 320 g/mol. The number of benzene rings is 1. The van der Waals surface area contributed by atoms with Gasteiger partial charge in [0, 0.05) is 23.3 Å². The van der Waals surface area contributed by atoms with Crippen LogP contribution in [0.15, 0.2) is 28.8 Å². The summed E-state index contributed by atoms with van der Waals surface area (Å²) >= 11 is 0. The van der Waals surface area contributed by atoms with Crippen LogP contribution in [0.4, 0.5) is 16.2 Å². The Morgan fingerprint density at radius 3 is 2.28 bits per heavy atom. The number of carbonyl (C=O) groups excluding carboxylic acids is 2. The van der Waals surface area contributed by atoms with E-state index in [2.05, 4.69) is 21.1 Å². The normalized spacial score (nSPS) is 13.6. The van der Waals surface area contributed by atoms with Gasteiger partial charge in [0.1, 0.15) is 5.56 Å². The second kappa shape index (κ2) is 6.96. The molecule has 1 aliphatic rings. The molecule has 0 radical (unpaired) electrons. The number of carbonyl (C=O) groups is 2. The monoisotopic (exact) mass is 342 g/mol. The van der Waals surface area contributed by atoms with Crippen LogP contribution >= 0.6 is 0 Å². The van der Waals surface area contributed by atoms with E-state index in [4.69, 9.17) is 4.52 Å². The third-order valence-electron chi connectivity index (χ3n) is 3.95. The minimum Gasteiger partial charge on any atom is -0.360 e. The largest absolute Gasteiger partial charge is 0.360 e. The molecule has 132 valence electrons. The molecule has 7 heteroatoms. The first-order chi connectivity index (χ1) is 11.9. The van der Waals surface area contributed by atoms with E-state index in [1.165, 1.54) is 0 Å². The van der Waals surface area contributed by atoms with Gasteiger partial charge in [-0.1, -0.05) is 19.0 Å². The van der Waals surface area contributed by atoms with Gasteiger partial charge in [-0.2, -0.15) is 0 Å². The Morgan fingerprint density at radius 2 is 1.72 bits per heavy atom. The van der Waals surface area contributed by atoms with E-state index in [-0.39, 0.29) is 17.9 Å². The number of anilines is 2. The van der Waals surface area contributed by atoms with Crippen molar-refractivity contribution in [1.82, 2.24) is 10.5 Å². The summed E-state index contributed by atoms with van der Waals surface area (Å²) in [6.45, 7) is 5.64. The number of hydrogen-bond acceptors (Lipinski definition) is 4. The second-order valence-electron chi connectivity index (χ2n) is 6.57. The van der Waals surface area contributed by atoms with E-state index in [1.54, 1.807) is 31.2 Å². The lowest BCUT2D eigenvalue weighted by Crippen LogP contribution is -2.30. The number of urea groups is 1. The summed E-state index contributed by atoms with van der Waals surface area (Å²) in [5, 5.41) is 12.3. The zero-order valence-electron chi connectivity index (χ0n) is 14.6. The molecule has 1 saturated carbocycles. The van der Waals surface area contributed by atoms with E-state index in [1.807, 2.05) is 13.8 Å². The number of aryl methyl sites for hydroxylation is 1. The molecule has 3 N–H and O–H groups in total. The van der Waals surface area contributed by atoms with Gasteiger partial charge < -0.3 is 20.5 Å². The zero-order valence-corrected chi connectivity index (χ0v) is 14.6. The summed E-state index contributed by atoms with van der Waals surface area (Å²) in [5.74, 6) is 0.387. The first kappa shape index (κ1) is 17.0. The minimum atomic E-state index is -0.255. The first-order valence-electron chi connectivity index (χ1n) is 8.39. The molecule has 0 spiro atoms. The molecule has 25 heavy (non-hydrogen) atoms. The van der Waals surface area contributed by atoms with Crippen LogP contribution in [0.3, 0.4) is 0 Å². The molecule has 0 atom stereocenters. The quantitative estimate of drug-likeness (QED) is 0.773. The Balaban J connectivity index is 1.64. The molecule has 0 saturated heterocycles. The molecule has 3 amide bonds. The van der Waals surface area contributed by atoms with Crippen LogP contribution < -0.4 is 16.0 Å². The van der Waals surface area contributed by atoms with Crippen LogP contribution in [0.5, 0.6) is 0 Å². The highest BCUT2D eigenvalue weighted by Gasteiger charge is 2.24. The van der Waals surface area contributed by atoms with Crippen molar-refractivity contribution in [2.45, 2.75) is 45.6 Å². The highest BCUT2D eigenvalue weighted by Crippen LogP contribution is 2.24. The summed E-state index contributed by atoms with van der Waals surface area (Å²) in [7, 11) is 0. The summed E-state index contributed by atoms with van der Waals surface area (Å²) < 4.78 is 5.25. The highest BCUT2D eigenvalue weighted by molar-refractivity contribution is 6.06. The van der Waals surface area contributed by atoms with E-state index < -0.39 is 0 Å². The summed E-state index contributed by atoms with van der Waals surface area (Å²) in [5.41, 5.74) is 2.34. The van der Waals surface area contributed by atoms with E-state index in [0.717, 1.165) is 12.8 Å². The molecule has 2 aromatic rings. The molecule has 0 aliphatic heterocycles. The van der Waals surface area contributed by atoms with Crippen molar-refractivity contribution in [1.29, 1.82) is 0 Å². The zero-order chi connectivity index (χ0) is 18.0.